The molecule has 1 aromatic carbocycles. The van der Waals surface area contributed by atoms with Gasteiger partial charge in [-0.1, -0.05) is 32.1 Å². The van der Waals surface area contributed by atoms with Gasteiger partial charge in [0.1, 0.15) is 11.6 Å². The van der Waals surface area contributed by atoms with Crippen molar-refractivity contribution in [2.45, 2.75) is 47.2 Å². The number of aryl methyl sites for hydroxylation is 2. The lowest BCUT2D eigenvalue weighted by Crippen LogP contribution is -2.39. The highest BCUT2D eigenvalue weighted by Crippen LogP contribution is 2.17. The highest BCUT2D eigenvalue weighted by molar-refractivity contribution is 5.76. The number of hydrogen-bond acceptors (Lipinski definition) is 4. The first-order chi connectivity index (χ1) is 14.4. The van der Waals surface area contributed by atoms with E-state index in [4.69, 9.17) is 4.74 Å². The molecule has 7 nitrogen and oxygen atoms in total. The topological polar surface area (TPSA) is 71.1 Å². The number of ether oxygens (including phenoxy) is 1. The molecule has 0 N–H and O–H groups in total. The molecule has 0 saturated heterocycles. The van der Waals surface area contributed by atoms with Crippen LogP contribution in [-0.2, 0) is 20.1 Å². The standard InChI is InChI=1S/C23H30N4O3/c1-6-26-21-20(22(28)27(7-2)23(26)29)25(5)19(24-21)13-10-17-8-11-18(12-9-17)30-15-14-16(3)4/h8-13,16H,6-7,14-15H2,1-5H3/b13-10+. The van der Waals surface area contributed by atoms with E-state index in [1.165, 1.54) is 4.57 Å². The molecule has 0 radical (unpaired) electrons. The molecule has 2 aromatic heterocycles. The number of fused-ring (bicyclic) bond motifs is 1. The fourth-order valence-electron chi connectivity index (χ4n) is 3.35. The Bertz CT molecular complexity index is 1160. The molecule has 0 saturated carbocycles. The highest BCUT2D eigenvalue weighted by atomic mass is 16.5. The number of hydrogen-bond donors (Lipinski definition) is 0. The van der Waals surface area contributed by atoms with Crippen LogP contribution in [0.15, 0.2) is 33.9 Å². The van der Waals surface area contributed by atoms with E-state index < -0.39 is 0 Å². The van der Waals surface area contributed by atoms with E-state index in [-0.39, 0.29) is 11.2 Å². The van der Waals surface area contributed by atoms with Gasteiger partial charge in [0.05, 0.1) is 6.61 Å². The maximum Gasteiger partial charge on any atom is 0.332 e. The second-order valence-corrected chi connectivity index (χ2v) is 7.71. The summed E-state index contributed by atoms with van der Waals surface area (Å²) in [6.07, 6.45) is 4.82. The van der Waals surface area contributed by atoms with Gasteiger partial charge in [0.2, 0.25) is 0 Å². The van der Waals surface area contributed by atoms with Gasteiger partial charge in [0.15, 0.2) is 11.2 Å². The molecule has 0 bridgehead atoms. The molecule has 160 valence electrons. The number of aromatic nitrogens is 4. The van der Waals surface area contributed by atoms with Crippen LogP contribution in [0, 0.1) is 5.92 Å². The lowest BCUT2D eigenvalue weighted by Gasteiger charge is -2.08. The molecule has 0 spiro atoms. The van der Waals surface area contributed by atoms with E-state index in [0.29, 0.717) is 42.6 Å². The zero-order valence-corrected chi connectivity index (χ0v) is 18.4. The fourth-order valence-corrected chi connectivity index (χ4v) is 3.35. The SMILES string of the molecule is CCn1c(=O)c2c(nc(/C=C/c3ccc(OCCC(C)C)cc3)n2C)n(CC)c1=O. The Morgan fingerprint density at radius 1 is 1.03 bits per heavy atom. The first kappa shape index (κ1) is 21.6. The van der Waals surface area contributed by atoms with Gasteiger partial charge in [-0.05, 0) is 50.0 Å². The lowest BCUT2D eigenvalue weighted by molar-refractivity contribution is 0.289. The average molecular weight is 411 g/mol. The first-order valence-electron chi connectivity index (χ1n) is 10.5. The molecule has 0 fully saturated rings. The van der Waals surface area contributed by atoms with Gasteiger partial charge in [0, 0.05) is 20.1 Å². The summed E-state index contributed by atoms with van der Waals surface area (Å²) in [5.74, 6) is 2.09. The number of rotatable bonds is 8. The summed E-state index contributed by atoms with van der Waals surface area (Å²) in [5.41, 5.74) is 1.23. The molecule has 3 rings (SSSR count). The van der Waals surface area contributed by atoms with Gasteiger partial charge in [0.25, 0.3) is 5.56 Å². The molecular formula is C23H30N4O3. The monoisotopic (exact) mass is 410 g/mol. The second kappa shape index (κ2) is 9.15. The van der Waals surface area contributed by atoms with Crippen LogP contribution < -0.4 is 16.0 Å². The van der Waals surface area contributed by atoms with Crippen molar-refractivity contribution in [3.63, 3.8) is 0 Å². The molecule has 3 aromatic rings. The minimum Gasteiger partial charge on any atom is -0.494 e. The molecule has 0 aliphatic carbocycles. The molecule has 0 aliphatic rings. The Morgan fingerprint density at radius 2 is 1.70 bits per heavy atom. The van der Waals surface area contributed by atoms with E-state index in [9.17, 15) is 9.59 Å². The molecule has 0 atom stereocenters. The molecule has 0 amide bonds. The molecule has 0 unspecified atom stereocenters. The van der Waals surface area contributed by atoms with Crippen LogP contribution in [0.3, 0.4) is 0 Å². The minimum absolute atomic E-state index is 0.306. The summed E-state index contributed by atoms with van der Waals surface area (Å²) in [5, 5.41) is 0. The summed E-state index contributed by atoms with van der Waals surface area (Å²) >= 11 is 0. The Hall–Kier alpha value is -3.09. The molecule has 30 heavy (non-hydrogen) atoms. The van der Waals surface area contributed by atoms with Crippen molar-refractivity contribution in [1.82, 2.24) is 18.7 Å². The van der Waals surface area contributed by atoms with Crippen molar-refractivity contribution in [2.24, 2.45) is 13.0 Å². The van der Waals surface area contributed by atoms with Crippen LogP contribution in [-0.4, -0.2) is 25.3 Å². The third kappa shape index (κ3) is 4.25. The summed E-state index contributed by atoms with van der Waals surface area (Å²) in [6.45, 7) is 9.51. The first-order valence-corrected chi connectivity index (χ1v) is 10.5. The van der Waals surface area contributed by atoms with E-state index in [1.807, 2.05) is 43.3 Å². The number of benzene rings is 1. The predicted octanol–water partition coefficient (Wildman–Crippen LogP) is 3.53. The van der Waals surface area contributed by atoms with Crippen LogP contribution in [0.4, 0.5) is 0 Å². The zero-order valence-electron chi connectivity index (χ0n) is 18.4. The van der Waals surface area contributed by atoms with E-state index >= 15 is 0 Å². The van der Waals surface area contributed by atoms with Crippen molar-refractivity contribution in [3.05, 3.63) is 56.5 Å². The van der Waals surface area contributed by atoms with Crippen LogP contribution in [0.2, 0.25) is 0 Å². The van der Waals surface area contributed by atoms with Gasteiger partial charge in [-0.25, -0.2) is 9.78 Å². The fraction of sp³-hybridized carbons (Fsp3) is 0.435. The van der Waals surface area contributed by atoms with Crippen molar-refractivity contribution < 1.29 is 4.74 Å². The van der Waals surface area contributed by atoms with Gasteiger partial charge in [-0.2, -0.15) is 0 Å². The smallest absolute Gasteiger partial charge is 0.332 e. The Morgan fingerprint density at radius 3 is 2.30 bits per heavy atom. The minimum atomic E-state index is -0.320. The zero-order chi connectivity index (χ0) is 21.8. The second-order valence-electron chi connectivity index (χ2n) is 7.71. The highest BCUT2D eigenvalue weighted by Gasteiger charge is 2.17. The third-order valence-electron chi connectivity index (χ3n) is 5.18. The van der Waals surface area contributed by atoms with E-state index in [1.54, 1.807) is 23.1 Å². The Labute approximate surface area is 176 Å². The van der Waals surface area contributed by atoms with E-state index in [2.05, 4.69) is 18.8 Å². The number of nitrogens with zero attached hydrogens (tertiary/aromatic N) is 4. The van der Waals surface area contributed by atoms with Crippen LogP contribution in [0.25, 0.3) is 23.3 Å². The van der Waals surface area contributed by atoms with Crippen molar-refractivity contribution in [1.29, 1.82) is 0 Å². The summed E-state index contributed by atoms with van der Waals surface area (Å²) in [4.78, 5) is 29.9. The Kier molecular flexibility index (Phi) is 6.59. The third-order valence-corrected chi connectivity index (χ3v) is 5.18. The van der Waals surface area contributed by atoms with E-state index in [0.717, 1.165) is 17.7 Å². The number of imidazole rings is 1. The maximum absolute atomic E-state index is 12.8. The van der Waals surface area contributed by atoms with Crippen LogP contribution >= 0.6 is 0 Å². The summed E-state index contributed by atoms with van der Waals surface area (Å²) in [6, 6.07) is 7.86. The average Bonchev–Trinajstić information content (AvgIpc) is 3.04. The van der Waals surface area contributed by atoms with Gasteiger partial charge in [-0.15, -0.1) is 0 Å². The summed E-state index contributed by atoms with van der Waals surface area (Å²) < 4.78 is 10.3. The predicted molar refractivity (Wildman–Crippen MR) is 121 cm³/mol. The van der Waals surface area contributed by atoms with Crippen LogP contribution in [0.5, 0.6) is 5.75 Å². The molecule has 7 heteroatoms. The van der Waals surface area contributed by atoms with Crippen molar-refractivity contribution >= 4 is 23.3 Å². The van der Waals surface area contributed by atoms with Crippen molar-refractivity contribution in [3.8, 4) is 5.75 Å². The largest absolute Gasteiger partial charge is 0.494 e. The molecule has 0 aliphatic heterocycles. The lowest BCUT2D eigenvalue weighted by atomic mass is 10.1. The molecule has 2 heterocycles. The van der Waals surface area contributed by atoms with Gasteiger partial charge < -0.3 is 9.30 Å². The summed E-state index contributed by atoms with van der Waals surface area (Å²) in [7, 11) is 1.80. The van der Waals surface area contributed by atoms with Gasteiger partial charge in [-0.3, -0.25) is 13.9 Å². The normalized spacial score (nSPS) is 11.8. The quantitative estimate of drug-likeness (QED) is 0.570. The van der Waals surface area contributed by atoms with Crippen LogP contribution in [0.1, 0.15) is 45.5 Å². The molecular weight excluding hydrogens is 380 g/mol. The van der Waals surface area contributed by atoms with Gasteiger partial charge >= 0.3 is 5.69 Å². The maximum atomic E-state index is 12.8. The Balaban J connectivity index is 1.90. The van der Waals surface area contributed by atoms with Crippen molar-refractivity contribution in [2.75, 3.05) is 6.61 Å².